The van der Waals surface area contributed by atoms with Gasteiger partial charge in [0.25, 0.3) is 0 Å². The summed E-state index contributed by atoms with van der Waals surface area (Å²) in [5.41, 5.74) is 0. The zero-order valence-corrected chi connectivity index (χ0v) is 7.97. The number of hydrogen-bond donors (Lipinski definition) is 1. The third kappa shape index (κ3) is 3.28. The summed E-state index contributed by atoms with van der Waals surface area (Å²) in [6.45, 7) is 3.16. The van der Waals surface area contributed by atoms with Gasteiger partial charge in [0.05, 0.1) is 6.04 Å². The fourth-order valence-corrected chi connectivity index (χ4v) is 1.79. The van der Waals surface area contributed by atoms with Crippen molar-refractivity contribution in [3.63, 3.8) is 0 Å². The van der Waals surface area contributed by atoms with Crippen LogP contribution in [0.15, 0.2) is 0 Å². The minimum Gasteiger partial charge on any atom is -0.304 e. The molecule has 1 fully saturated rings. The van der Waals surface area contributed by atoms with Crippen molar-refractivity contribution in [2.24, 2.45) is 5.92 Å². The second-order valence-electron chi connectivity index (χ2n) is 3.80. The van der Waals surface area contributed by atoms with Crippen LogP contribution in [0.3, 0.4) is 0 Å². The number of rotatable bonds is 3. The van der Waals surface area contributed by atoms with Gasteiger partial charge in [-0.05, 0) is 32.2 Å². The smallest absolute Gasteiger partial charge is 0.0658 e. The molecular weight excluding hydrogens is 146 g/mol. The molecule has 0 radical (unpaired) electrons. The molecule has 0 aromatic heterocycles. The van der Waals surface area contributed by atoms with E-state index in [2.05, 4.69) is 11.2 Å². The maximum absolute atomic E-state index is 5.28. The van der Waals surface area contributed by atoms with Crippen LogP contribution in [0.2, 0.25) is 0 Å². The molecule has 0 saturated heterocycles. The molecule has 1 atom stereocenters. The van der Waals surface area contributed by atoms with Crippen LogP contribution in [-0.2, 0) is 0 Å². The Morgan fingerprint density at radius 1 is 1.42 bits per heavy atom. The fourth-order valence-electron chi connectivity index (χ4n) is 1.79. The summed E-state index contributed by atoms with van der Waals surface area (Å²) in [5, 5.41) is 3.37. The molecule has 1 heteroatoms. The monoisotopic (exact) mass is 165 g/mol. The first kappa shape index (κ1) is 9.61. The summed E-state index contributed by atoms with van der Waals surface area (Å²) in [6, 6.07) is 0.243. The molecule has 1 aliphatic rings. The van der Waals surface area contributed by atoms with Gasteiger partial charge in [-0.1, -0.05) is 25.2 Å². The van der Waals surface area contributed by atoms with E-state index in [4.69, 9.17) is 6.42 Å². The Labute approximate surface area is 75.9 Å². The highest BCUT2D eigenvalue weighted by molar-refractivity contribution is 4.95. The molecule has 12 heavy (non-hydrogen) atoms. The normalized spacial score (nSPS) is 21.7. The standard InChI is InChI=1S/C11H19N/c1-3-10(2)12-9-11-7-5-4-6-8-11/h1,10-12H,4-9H2,2H3. The van der Waals surface area contributed by atoms with Crippen molar-refractivity contribution < 1.29 is 0 Å². The van der Waals surface area contributed by atoms with Gasteiger partial charge in [0, 0.05) is 0 Å². The van der Waals surface area contributed by atoms with Gasteiger partial charge in [0.1, 0.15) is 0 Å². The average molecular weight is 165 g/mol. The van der Waals surface area contributed by atoms with Crippen LogP contribution in [0.4, 0.5) is 0 Å². The lowest BCUT2D eigenvalue weighted by atomic mass is 9.89. The van der Waals surface area contributed by atoms with Crippen LogP contribution in [0.5, 0.6) is 0 Å². The van der Waals surface area contributed by atoms with Crippen molar-refractivity contribution in [2.75, 3.05) is 6.54 Å². The fraction of sp³-hybridized carbons (Fsp3) is 0.818. The van der Waals surface area contributed by atoms with Crippen LogP contribution < -0.4 is 5.32 Å². The number of terminal acetylenes is 1. The molecule has 0 aliphatic heterocycles. The molecule has 1 rings (SSSR count). The Bertz CT molecular complexity index is 151. The summed E-state index contributed by atoms with van der Waals surface area (Å²) in [7, 11) is 0. The van der Waals surface area contributed by atoms with Gasteiger partial charge in [-0.15, -0.1) is 6.42 Å². The van der Waals surface area contributed by atoms with E-state index in [1.807, 2.05) is 6.92 Å². The Morgan fingerprint density at radius 2 is 2.08 bits per heavy atom. The maximum Gasteiger partial charge on any atom is 0.0658 e. The average Bonchev–Trinajstić information content (AvgIpc) is 2.16. The van der Waals surface area contributed by atoms with E-state index in [1.54, 1.807) is 0 Å². The SMILES string of the molecule is C#CC(C)NCC1CCCCC1. The molecule has 1 unspecified atom stereocenters. The third-order valence-electron chi connectivity index (χ3n) is 2.69. The van der Waals surface area contributed by atoms with Gasteiger partial charge in [0.2, 0.25) is 0 Å². The van der Waals surface area contributed by atoms with Gasteiger partial charge >= 0.3 is 0 Å². The lowest BCUT2D eigenvalue weighted by Crippen LogP contribution is -2.30. The molecule has 0 heterocycles. The summed E-state index contributed by atoms with van der Waals surface area (Å²) in [6.07, 6.45) is 12.3. The summed E-state index contributed by atoms with van der Waals surface area (Å²) in [4.78, 5) is 0. The first-order valence-corrected chi connectivity index (χ1v) is 5.02. The zero-order chi connectivity index (χ0) is 8.81. The van der Waals surface area contributed by atoms with E-state index in [-0.39, 0.29) is 6.04 Å². The number of nitrogens with one attached hydrogen (secondary N) is 1. The van der Waals surface area contributed by atoms with Crippen LogP contribution in [0.25, 0.3) is 0 Å². The molecule has 0 bridgehead atoms. The predicted molar refractivity (Wildman–Crippen MR) is 52.9 cm³/mol. The van der Waals surface area contributed by atoms with Crippen LogP contribution in [0, 0.1) is 18.3 Å². The summed E-state index contributed by atoms with van der Waals surface area (Å²) < 4.78 is 0. The van der Waals surface area contributed by atoms with Crippen molar-refractivity contribution in [1.29, 1.82) is 0 Å². The lowest BCUT2D eigenvalue weighted by Gasteiger charge is -2.22. The topological polar surface area (TPSA) is 12.0 Å². The van der Waals surface area contributed by atoms with E-state index < -0.39 is 0 Å². The first-order chi connectivity index (χ1) is 5.83. The van der Waals surface area contributed by atoms with Crippen molar-refractivity contribution in [2.45, 2.75) is 45.1 Å². The number of hydrogen-bond acceptors (Lipinski definition) is 1. The summed E-state index contributed by atoms with van der Waals surface area (Å²) >= 11 is 0. The predicted octanol–water partition coefficient (Wildman–Crippen LogP) is 2.18. The second-order valence-corrected chi connectivity index (χ2v) is 3.80. The van der Waals surface area contributed by atoms with Crippen molar-refractivity contribution >= 4 is 0 Å². The highest BCUT2D eigenvalue weighted by Gasteiger charge is 2.12. The molecule has 0 spiro atoms. The van der Waals surface area contributed by atoms with Crippen LogP contribution in [0.1, 0.15) is 39.0 Å². The van der Waals surface area contributed by atoms with Crippen molar-refractivity contribution in [1.82, 2.24) is 5.32 Å². The van der Waals surface area contributed by atoms with Gasteiger partial charge in [-0.25, -0.2) is 0 Å². The molecule has 0 aromatic carbocycles. The van der Waals surface area contributed by atoms with Crippen molar-refractivity contribution in [3.8, 4) is 12.3 Å². The third-order valence-corrected chi connectivity index (χ3v) is 2.69. The van der Waals surface area contributed by atoms with E-state index in [0.29, 0.717) is 0 Å². The highest BCUT2D eigenvalue weighted by Crippen LogP contribution is 2.22. The van der Waals surface area contributed by atoms with Gasteiger partial charge in [-0.3, -0.25) is 0 Å². The van der Waals surface area contributed by atoms with E-state index in [0.717, 1.165) is 12.5 Å². The molecule has 1 N–H and O–H groups in total. The largest absolute Gasteiger partial charge is 0.304 e. The molecule has 0 aromatic rings. The van der Waals surface area contributed by atoms with E-state index in [1.165, 1.54) is 32.1 Å². The zero-order valence-electron chi connectivity index (χ0n) is 7.97. The maximum atomic E-state index is 5.28. The molecule has 68 valence electrons. The van der Waals surface area contributed by atoms with Crippen molar-refractivity contribution in [3.05, 3.63) is 0 Å². The molecular formula is C11H19N. The lowest BCUT2D eigenvalue weighted by molar-refractivity contribution is 0.339. The quantitative estimate of drug-likeness (QED) is 0.632. The Morgan fingerprint density at radius 3 is 2.67 bits per heavy atom. The molecule has 0 amide bonds. The van der Waals surface area contributed by atoms with Gasteiger partial charge in [0.15, 0.2) is 0 Å². The Kier molecular flexibility index (Phi) is 4.18. The van der Waals surface area contributed by atoms with Gasteiger partial charge in [-0.2, -0.15) is 0 Å². The Hall–Kier alpha value is -0.480. The molecule has 1 aliphatic carbocycles. The highest BCUT2D eigenvalue weighted by atomic mass is 14.9. The van der Waals surface area contributed by atoms with Crippen LogP contribution >= 0.6 is 0 Å². The molecule has 1 saturated carbocycles. The van der Waals surface area contributed by atoms with Gasteiger partial charge < -0.3 is 5.32 Å². The minimum absolute atomic E-state index is 0.243. The first-order valence-electron chi connectivity index (χ1n) is 5.02. The Balaban J connectivity index is 2.10. The van der Waals surface area contributed by atoms with Crippen LogP contribution in [-0.4, -0.2) is 12.6 Å². The molecule has 1 nitrogen and oxygen atoms in total. The second kappa shape index (κ2) is 5.22. The minimum atomic E-state index is 0.243. The summed E-state index contributed by atoms with van der Waals surface area (Å²) in [5.74, 6) is 3.58. The van der Waals surface area contributed by atoms with E-state index in [9.17, 15) is 0 Å². The van der Waals surface area contributed by atoms with E-state index >= 15 is 0 Å².